The van der Waals surface area contributed by atoms with Gasteiger partial charge in [-0.05, 0) is 24.4 Å². The van der Waals surface area contributed by atoms with Crippen LogP contribution in [0, 0.1) is 0 Å². The summed E-state index contributed by atoms with van der Waals surface area (Å²) in [7, 11) is 11.8. The Balaban J connectivity index is 2.58. The molecule has 0 saturated heterocycles. The maximum absolute atomic E-state index is 12.3. The van der Waals surface area contributed by atoms with E-state index < -0.39 is 5.21 Å². The average Bonchev–Trinajstić information content (AvgIpc) is 2.51. The minimum Gasteiger partial charge on any atom is -0.294 e. The summed E-state index contributed by atoms with van der Waals surface area (Å²) in [6.45, 7) is 3.99. The normalized spacial score (nSPS) is 17.3. The number of hydrogen-bond donors (Lipinski definition) is 0. The van der Waals surface area contributed by atoms with E-state index in [0.717, 1.165) is 12.8 Å². The van der Waals surface area contributed by atoms with Crippen molar-refractivity contribution in [2.75, 3.05) is 4.90 Å². The molecule has 0 N–H and O–H groups in total. The molecule has 0 aliphatic carbocycles. The molecule has 0 fully saturated rings. The molecule has 2 heterocycles. The van der Waals surface area contributed by atoms with Gasteiger partial charge in [-0.15, -0.1) is 0 Å². The van der Waals surface area contributed by atoms with Crippen LogP contribution in [0.2, 0.25) is 5.28 Å². The molecule has 18 heavy (non-hydrogen) atoms. The number of hydrogen-bond acceptors (Lipinski definition) is 3. The highest BCUT2D eigenvalue weighted by molar-refractivity contribution is 6.54. The number of nitrogens with zero attached hydrogens (tertiary/aromatic N) is 3. The maximum atomic E-state index is 12.3. The van der Waals surface area contributed by atoms with Crippen LogP contribution < -0.4 is 4.90 Å². The average molecular weight is 259 g/mol. The predicted octanol–water partition coefficient (Wildman–Crippen LogP) is 1.15. The summed E-state index contributed by atoms with van der Waals surface area (Å²) in [6, 6.07) is 0.0104. The summed E-state index contributed by atoms with van der Waals surface area (Å²) in [6.07, 6.45) is 3.00. The fourth-order valence-electron chi connectivity index (χ4n) is 2.23. The molecule has 0 aromatic carbocycles. The van der Waals surface area contributed by atoms with Crippen LogP contribution in [0.15, 0.2) is 6.20 Å². The molecule has 0 bridgehead atoms. The first-order valence-corrected chi connectivity index (χ1v) is 6.25. The highest BCUT2D eigenvalue weighted by Crippen LogP contribution is 2.38. The molecular weight excluding hydrogens is 247 g/mol. The molecule has 1 amide bonds. The summed E-state index contributed by atoms with van der Waals surface area (Å²) in [5.41, 5.74) is 0.420. The van der Waals surface area contributed by atoms with Crippen LogP contribution in [0.25, 0.3) is 0 Å². The molecule has 1 aliphatic rings. The lowest BCUT2D eigenvalue weighted by molar-refractivity contribution is -0.119. The van der Waals surface area contributed by atoms with Gasteiger partial charge in [-0.1, -0.05) is 13.8 Å². The fraction of sp³-hybridized carbons (Fsp3) is 0.545. The molecule has 1 aromatic rings. The van der Waals surface area contributed by atoms with E-state index in [4.69, 9.17) is 27.3 Å². The van der Waals surface area contributed by atoms with Crippen molar-refractivity contribution in [3.63, 3.8) is 0 Å². The van der Waals surface area contributed by atoms with E-state index in [0.29, 0.717) is 11.4 Å². The monoisotopic (exact) mass is 259 g/mol. The molecule has 4 radical (unpaired) electrons. The number of amides is 1. The van der Waals surface area contributed by atoms with Crippen LogP contribution in [0.4, 0.5) is 5.82 Å². The van der Waals surface area contributed by atoms with E-state index in [9.17, 15) is 4.79 Å². The Kier molecular flexibility index (Phi) is 3.41. The van der Waals surface area contributed by atoms with Crippen LogP contribution in [0.5, 0.6) is 0 Å². The summed E-state index contributed by atoms with van der Waals surface area (Å²) in [5.74, 6) is 0.0708. The van der Waals surface area contributed by atoms with E-state index in [1.54, 1.807) is 4.90 Å². The lowest BCUT2D eigenvalue weighted by Crippen LogP contribution is -2.45. The Labute approximate surface area is 114 Å². The predicted molar refractivity (Wildman–Crippen MR) is 72.1 cm³/mol. The highest BCUT2D eigenvalue weighted by Gasteiger charge is 2.46. The van der Waals surface area contributed by atoms with Crippen LogP contribution in [0.1, 0.15) is 32.3 Å². The first-order chi connectivity index (χ1) is 8.43. The minimum absolute atomic E-state index is 0.0104. The molecule has 0 atom stereocenters. The zero-order chi connectivity index (χ0) is 13.5. The van der Waals surface area contributed by atoms with E-state index in [-0.39, 0.29) is 17.2 Å². The molecule has 4 nitrogen and oxygen atoms in total. The summed E-state index contributed by atoms with van der Waals surface area (Å²) in [5, 5.41) is -1.49. The third-order valence-electron chi connectivity index (χ3n) is 3.29. The largest absolute Gasteiger partial charge is 0.294 e. The van der Waals surface area contributed by atoms with Gasteiger partial charge in [0.15, 0.2) is 0 Å². The van der Waals surface area contributed by atoms with Gasteiger partial charge in [0.05, 0.1) is 15.7 Å². The third kappa shape index (κ3) is 1.83. The van der Waals surface area contributed by atoms with Crippen molar-refractivity contribution in [3.05, 3.63) is 17.0 Å². The van der Waals surface area contributed by atoms with Crippen LogP contribution >= 0.6 is 11.6 Å². The van der Waals surface area contributed by atoms with Crippen molar-refractivity contribution < 1.29 is 4.79 Å². The molecular formula is C11H12B2ClN3O. The van der Waals surface area contributed by atoms with Crippen molar-refractivity contribution in [2.24, 2.45) is 0 Å². The number of halogens is 1. The molecule has 1 aliphatic heterocycles. The second-order valence-corrected chi connectivity index (χ2v) is 4.73. The van der Waals surface area contributed by atoms with Crippen LogP contribution in [-0.4, -0.2) is 37.6 Å². The van der Waals surface area contributed by atoms with Gasteiger partial charge in [-0.25, -0.2) is 4.98 Å². The van der Waals surface area contributed by atoms with E-state index in [2.05, 4.69) is 9.97 Å². The van der Waals surface area contributed by atoms with Crippen molar-refractivity contribution in [2.45, 2.75) is 37.9 Å². The number of anilines is 1. The van der Waals surface area contributed by atoms with Crippen molar-refractivity contribution >= 4 is 39.0 Å². The van der Waals surface area contributed by atoms with Gasteiger partial charge >= 0.3 is 0 Å². The van der Waals surface area contributed by atoms with Gasteiger partial charge in [0, 0.05) is 23.0 Å². The second-order valence-electron chi connectivity index (χ2n) is 4.39. The molecule has 0 unspecified atom stereocenters. The zero-order valence-corrected chi connectivity index (χ0v) is 11.1. The Hall–Kier alpha value is -1.03. The van der Waals surface area contributed by atoms with Crippen molar-refractivity contribution in [3.8, 4) is 0 Å². The van der Waals surface area contributed by atoms with Crippen molar-refractivity contribution in [1.82, 2.24) is 9.97 Å². The Morgan fingerprint density at radius 2 is 2.06 bits per heavy atom. The maximum Gasteiger partial charge on any atom is 0.224 e. The van der Waals surface area contributed by atoms with Gasteiger partial charge in [-0.2, -0.15) is 4.98 Å². The lowest BCUT2D eigenvalue weighted by atomic mass is 9.52. The van der Waals surface area contributed by atoms with E-state index in [1.807, 2.05) is 13.8 Å². The Bertz CT molecular complexity index is 491. The molecule has 90 valence electrons. The second kappa shape index (κ2) is 4.57. The zero-order valence-electron chi connectivity index (χ0n) is 10.4. The first-order valence-electron chi connectivity index (χ1n) is 5.87. The standard InChI is InChI=1S/C11H12B2ClN3O/c1-3-6(4-2)17-8-7(5-15-10(14)16-8)11(12,13)9(17)18/h5-6H,3-4H2,1-2H3. The number of carbonyl (C=O) groups excluding carboxylic acids is 1. The first kappa shape index (κ1) is 13.4. The number of aromatic nitrogens is 2. The van der Waals surface area contributed by atoms with Crippen molar-refractivity contribution in [1.29, 1.82) is 0 Å². The van der Waals surface area contributed by atoms with E-state index in [1.165, 1.54) is 6.20 Å². The molecule has 1 aromatic heterocycles. The molecule has 0 saturated carbocycles. The minimum atomic E-state index is -1.57. The van der Waals surface area contributed by atoms with Crippen LogP contribution in [-0.2, 0) is 10.0 Å². The van der Waals surface area contributed by atoms with Gasteiger partial charge in [-0.3, -0.25) is 9.69 Å². The fourth-order valence-corrected chi connectivity index (χ4v) is 2.36. The van der Waals surface area contributed by atoms with Gasteiger partial charge in [0.1, 0.15) is 5.82 Å². The Morgan fingerprint density at radius 1 is 1.44 bits per heavy atom. The van der Waals surface area contributed by atoms with Gasteiger partial charge < -0.3 is 0 Å². The molecule has 7 heteroatoms. The van der Waals surface area contributed by atoms with Crippen LogP contribution in [0.3, 0.4) is 0 Å². The smallest absolute Gasteiger partial charge is 0.224 e. The number of rotatable bonds is 3. The van der Waals surface area contributed by atoms with Gasteiger partial charge in [0.2, 0.25) is 11.2 Å². The highest BCUT2D eigenvalue weighted by atomic mass is 35.5. The van der Waals surface area contributed by atoms with Gasteiger partial charge in [0.25, 0.3) is 0 Å². The SMILES string of the molecule is [B]C1([B])C(=O)N(C(CC)CC)c2nc(Cl)ncc21. The topological polar surface area (TPSA) is 46.1 Å². The molecule has 0 spiro atoms. The summed E-state index contributed by atoms with van der Waals surface area (Å²) >= 11 is 5.78. The lowest BCUT2D eigenvalue weighted by Gasteiger charge is -2.27. The summed E-state index contributed by atoms with van der Waals surface area (Å²) in [4.78, 5) is 21.8. The summed E-state index contributed by atoms with van der Waals surface area (Å²) < 4.78 is 0. The third-order valence-corrected chi connectivity index (χ3v) is 3.48. The number of fused-ring (bicyclic) bond motifs is 1. The molecule has 2 rings (SSSR count). The Morgan fingerprint density at radius 3 is 2.61 bits per heavy atom. The number of carbonyl (C=O) groups is 1. The quantitative estimate of drug-likeness (QED) is 0.604. The van der Waals surface area contributed by atoms with E-state index >= 15 is 0 Å².